The van der Waals surface area contributed by atoms with Gasteiger partial charge in [-0.15, -0.1) is 0 Å². The lowest BCUT2D eigenvalue weighted by molar-refractivity contribution is 0.398. The van der Waals surface area contributed by atoms with Gasteiger partial charge in [-0.25, -0.2) is 0 Å². The van der Waals surface area contributed by atoms with Crippen LogP contribution in [0, 0.1) is 28.6 Å². The fraction of sp³-hybridized carbons (Fsp3) is 0.467. The maximum Gasteiger partial charge on any atom is 0.0834 e. The Labute approximate surface area is 104 Å². The normalized spacial score (nSPS) is 13.7. The Balaban J connectivity index is 3.08. The van der Waals surface area contributed by atoms with Crippen molar-refractivity contribution in [3.63, 3.8) is 0 Å². The molecule has 0 bridgehead atoms. The van der Waals surface area contributed by atoms with E-state index in [1.54, 1.807) is 0 Å². The zero-order chi connectivity index (χ0) is 12.7. The molecule has 17 heavy (non-hydrogen) atoms. The van der Waals surface area contributed by atoms with Crippen molar-refractivity contribution in [2.24, 2.45) is 5.92 Å². The van der Waals surface area contributed by atoms with Crippen molar-refractivity contribution >= 4 is 0 Å². The van der Waals surface area contributed by atoms with Crippen LogP contribution >= 0.6 is 0 Å². The predicted octanol–water partition coefficient (Wildman–Crippen LogP) is 3.80. The summed E-state index contributed by atoms with van der Waals surface area (Å²) in [5, 5.41) is 18.3. The number of benzene rings is 1. The Hall–Kier alpha value is -1.80. The minimum Gasteiger partial charge on any atom is -0.198 e. The minimum atomic E-state index is -0.509. The first kappa shape index (κ1) is 13.3. The number of rotatable bonds is 5. The smallest absolute Gasteiger partial charge is 0.0834 e. The molecule has 0 fully saturated rings. The van der Waals surface area contributed by atoms with E-state index in [2.05, 4.69) is 26.0 Å². The summed E-state index contributed by atoms with van der Waals surface area (Å²) in [4.78, 5) is 0. The van der Waals surface area contributed by atoms with Crippen molar-refractivity contribution < 1.29 is 0 Å². The molecule has 0 spiro atoms. The van der Waals surface area contributed by atoms with Gasteiger partial charge in [-0.2, -0.15) is 10.5 Å². The van der Waals surface area contributed by atoms with Gasteiger partial charge in [-0.1, -0.05) is 44.2 Å². The van der Waals surface area contributed by atoms with Crippen molar-refractivity contribution in [2.45, 2.75) is 38.5 Å². The van der Waals surface area contributed by atoms with Crippen LogP contribution in [0.3, 0.4) is 0 Å². The van der Waals surface area contributed by atoms with Crippen LogP contribution in [0.2, 0.25) is 0 Å². The van der Waals surface area contributed by atoms with Gasteiger partial charge in [0.15, 0.2) is 0 Å². The van der Waals surface area contributed by atoms with Gasteiger partial charge in [-0.3, -0.25) is 0 Å². The summed E-state index contributed by atoms with van der Waals surface area (Å²) < 4.78 is 0. The fourth-order valence-electron chi connectivity index (χ4n) is 2.25. The average molecular weight is 226 g/mol. The molecule has 1 aromatic rings. The SMILES string of the molecule is CC(C)C[C@@](C#N)(CCC#N)c1ccccc1. The summed E-state index contributed by atoms with van der Waals surface area (Å²) in [6, 6.07) is 14.4. The lowest BCUT2D eigenvalue weighted by atomic mass is 9.72. The minimum absolute atomic E-state index is 0.426. The van der Waals surface area contributed by atoms with E-state index in [1.807, 2.05) is 30.3 Å². The molecule has 0 N–H and O–H groups in total. The summed E-state index contributed by atoms with van der Waals surface area (Å²) >= 11 is 0. The maximum absolute atomic E-state index is 9.55. The lowest BCUT2D eigenvalue weighted by Crippen LogP contribution is -2.26. The Morgan fingerprint density at radius 2 is 1.82 bits per heavy atom. The zero-order valence-corrected chi connectivity index (χ0v) is 10.5. The summed E-state index contributed by atoms with van der Waals surface area (Å²) in [5.41, 5.74) is 0.525. The van der Waals surface area contributed by atoms with Crippen LogP contribution in [0.4, 0.5) is 0 Å². The molecule has 2 heteroatoms. The van der Waals surface area contributed by atoms with E-state index < -0.39 is 5.41 Å². The molecule has 1 rings (SSSR count). The molecule has 1 atom stereocenters. The van der Waals surface area contributed by atoms with E-state index in [0.717, 1.165) is 12.0 Å². The first-order valence-corrected chi connectivity index (χ1v) is 5.98. The maximum atomic E-state index is 9.55. The first-order chi connectivity index (χ1) is 8.14. The molecule has 0 saturated heterocycles. The van der Waals surface area contributed by atoms with Crippen LogP contribution in [0.1, 0.15) is 38.7 Å². The number of nitriles is 2. The van der Waals surface area contributed by atoms with Crippen molar-refractivity contribution in [3.05, 3.63) is 35.9 Å². The van der Waals surface area contributed by atoms with E-state index in [9.17, 15) is 5.26 Å². The van der Waals surface area contributed by atoms with Gasteiger partial charge in [0.05, 0.1) is 17.6 Å². The first-order valence-electron chi connectivity index (χ1n) is 5.98. The van der Waals surface area contributed by atoms with Crippen LogP contribution in [0.15, 0.2) is 30.3 Å². The Morgan fingerprint density at radius 1 is 1.18 bits per heavy atom. The monoisotopic (exact) mass is 226 g/mol. The van der Waals surface area contributed by atoms with Crippen LogP contribution in [-0.2, 0) is 5.41 Å². The quantitative estimate of drug-likeness (QED) is 0.766. The summed E-state index contributed by atoms with van der Waals surface area (Å²) in [5.74, 6) is 0.438. The van der Waals surface area contributed by atoms with Gasteiger partial charge in [0.25, 0.3) is 0 Å². The average Bonchev–Trinajstić information content (AvgIpc) is 2.35. The van der Waals surface area contributed by atoms with Crippen LogP contribution in [0.25, 0.3) is 0 Å². The second-order valence-electron chi connectivity index (χ2n) is 4.82. The standard InChI is InChI=1S/C15H18N2/c1-13(2)11-15(12-17,9-6-10-16)14-7-4-3-5-8-14/h3-5,7-8,13H,6,9,11H2,1-2H3/t15-/m1/s1. The summed E-state index contributed by atoms with van der Waals surface area (Å²) in [7, 11) is 0. The largest absolute Gasteiger partial charge is 0.198 e. The molecule has 88 valence electrons. The van der Waals surface area contributed by atoms with Crippen molar-refractivity contribution in [2.75, 3.05) is 0 Å². The van der Waals surface area contributed by atoms with Gasteiger partial charge in [0, 0.05) is 6.42 Å². The number of nitrogens with zero attached hydrogens (tertiary/aromatic N) is 2. The van der Waals surface area contributed by atoms with Gasteiger partial charge < -0.3 is 0 Å². The Kier molecular flexibility index (Phi) is 4.73. The second kappa shape index (κ2) is 6.06. The van der Waals surface area contributed by atoms with Gasteiger partial charge in [0.1, 0.15) is 0 Å². The van der Waals surface area contributed by atoms with Gasteiger partial charge >= 0.3 is 0 Å². The highest BCUT2D eigenvalue weighted by atomic mass is 14.4. The molecule has 0 saturated carbocycles. The Morgan fingerprint density at radius 3 is 2.29 bits per heavy atom. The molecule has 0 aliphatic heterocycles. The third kappa shape index (κ3) is 3.33. The highest BCUT2D eigenvalue weighted by molar-refractivity contribution is 5.32. The molecule has 0 aliphatic carbocycles. The highest BCUT2D eigenvalue weighted by Crippen LogP contribution is 2.35. The summed E-state index contributed by atoms with van der Waals surface area (Å²) in [6.07, 6.45) is 1.84. The highest BCUT2D eigenvalue weighted by Gasteiger charge is 2.32. The lowest BCUT2D eigenvalue weighted by Gasteiger charge is -2.28. The van der Waals surface area contributed by atoms with Crippen LogP contribution in [-0.4, -0.2) is 0 Å². The third-order valence-electron chi connectivity index (χ3n) is 2.96. The van der Waals surface area contributed by atoms with E-state index in [0.29, 0.717) is 18.8 Å². The van der Waals surface area contributed by atoms with Gasteiger partial charge in [0.2, 0.25) is 0 Å². The fourth-order valence-corrected chi connectivity index (χ4v) is 2.25. The predicted molar refractivity (Wildman–Crippen MR) is 68.0 cm³/mol. The van der Waals surface area contributed by atoms with Crippen LogP contribution < -0.4 is 0 Å². The molecular weight excluding hydrogens is 208 g/mol. The van der Waals surface area contributed by atoms with E-state index >= 15 is 0 Å². The topological polar surface area (TPSA) is 47.6 Å². The van der Waals surface area contributed by atoms with Gasteiger partial charge in [-0.05, 0) is 24.3 Å². The molecule has 0 radical (unpaired) electrons. The third-order valence-corrected chi connectivity index (χ3v) is 2.96. The van der Waals surface area contributed by atoms with E-state index in [4.69, 9.17) is 5.26 Å². The van der Waals surface area contributed by atoms with Crippen molar-refractivity contribution in [3.8, 4) is 12.1 Å². The molecule has 0 unspecified atom stereocenters. The molecule has 0 heterocycles. The zero-order valence-electron chi connectivity index (χ0n) is 10.5. The van der Waals surface area contributed by atoms with Crippen LogP contribution in [0.5, 0.6) is 0 Å². The molecule has 0 aliphatic rings. The second-order valence-corrected chi connectivity index (χ2v) is 4.82. The molecule has 0 amide bonds. The molecule has 2 nitrogen and oxygen atoms in total. The number of hydrogen-bond donors (Lipinski definition) is 0. The Bertz CT molecular complexity index is 422. The molecular formula is C15H18N2. The van der Waals surface area contributed by atoms with E-state index in [-0.39, 0.29) is 0 Å². The summed E-state index contributed by atoms with van der Waals surface area (Å²) in [6.45, 7) is 4.23. The van der Waals surface area contributed by atoms with Crippen molar-refractivity contribution in [1.82, 2.24) is 0 Å². The molecule has 1 aromatic carbocycles. The molecule has 0 aromatic heterocycles. The van der Waals surface area contributed by atoms with Crippen molar-refractivity contribution in [1.29, 1.82) is 10.5 Å². The van der Waals surface area contributed by atoms with E-state index in [1.165, 1.54) is 0 Å². The number of hydrogen-bond acceptors (Lipinski definition) is 2.